The van der Waals surface area contributed by atoms with Crippen molar-refractivity contribution in [1.29, 1.82) is 0 Å². The van der Waals surface area contributed by atoms with Gasteiger partial charge in [0.05, 0.1) is 6.42 Å². The molecule has 0 aliphatic carbocycles. The Bertz CT molecular complexity index is 408. The van der Waals surface area contributed by atoms with Gasteiger partial charge in [0.15, 0.2) is 0 Å². The Balaban J connectivity index is 2.82. The summed E-state index contributed by atoms with van der Waals surface area (Å²) in [5.74, 6) is 0.0214. The number of rotatable bonds is 3. The van der Waals surface area contributed by atoms with Crippen LogP contribution in [0.1, 0.15) is 5.56 Å². The molecule has 0 N–H and O–H groups in total. The number of hydrogen-bond donors (Lipinski definition) is 0. The van der Waals surface area contributed by atoms with E-state index in [1.54, 1.807) is 32.3 Å². The summed E-state index contributed by atoms with van der Waals surface area (Å²) in [6.45, 7) is 0. The molecule has 1 rings (SSSR count). The predicted octanol–water partition coefficient (Wildman–Crippen LogP) is 2.26. The molecule has 0 saturated heterocycles. The van der Waals surface area contributed by atoms with E-state index in [1.165, 1.54) is 4.90 Å². The summed E-state index contributed by atoms with van der Waals surface area (Å²) < 4.78 is 0. The number of nitrogens with zero attached hydrogens (tertiary/aromatic N) is 4. The number of hydrogen-bond acceptors (Lipinski definition) is 2. The fourth-order valence-corrected chi connectivity index (χ4v) is 1.11. The lowest BCUT2D eigenvalue weighted by Gasteiger charge is -2.09. The van der Waals surface area contributed by atoms with Crippen molar-refractivity contribution in [3.63, 3.8) is 0 Å². The average Bonchev–Trinajstić information content (AvgIpc) is 2.18. The molecule has 5 heteroatoms. The van der Waals surface area contributed by atoms with Crippen LogP contribution in [0.2, 0.25) is 0 Å². The Morgan fingerprint density at radius 1 is 1.53 bits per heavy atom. The van der Waals surface area contributed by atoms with E-state index in [9.17, 15) is 4.79 Å². The van der Waals surface area contributed by atoms with Gasteiger partial charge in [0.25, 0.3) is 0 Å². The molecule has 0 heterocycles. The van der Waals surface area contributed by atoms with Gasteiger partial charge in [0.2, 0.25) is 5.91 Å². The van der Waals surface area contributed by atoms with E-state index < -0.39 is 0 Å². The van der Waals surface area contributed by atoms with Gasteiger partial charge in [-0.15, -0.1) is 0 Å². The molecule has 0 atom stereocenters. The van der Waals surface area contributed by atoms with Crippen molar-refractivity contribution in [1.82, 2.24) is 4.90 Å². The Morgan fingerprint density at radius 3 is 2.87 bits per heavy atom. The van der Waals surface area contributed by atoms with Crippen LogP contribution in [0.15, 0.2) is 29.4 Å². The van der Waals surface area contributed by atoms with Crippen LogP contribution in [-0.4, -0.2) is 24.9 Å². The third kappa shape index (κ3) is 3.32. The first kappa shape index (κ1) is 11.1. The largest absolute Gasteiger partial charge is 0.349 e. The first-order valence-electron chi connectivity index (χ1n) is 4.47. The van der Waals surface area contributed by atoms with Crippen molar-refractivity contribution in [3.05, 3.63) is 40.3 Å². The molecule has 0 saturated carbocycles. The van der Waals surface area contributed by atoms with Crippen LogP contribution in [0.3, 0.4) is 0 Å². The molecule has 0 bridgehead atoms. The third-order valence-corrected chi connectivity index (χ3v) is 1.92. The van der Waals surface area contributed by atoms with Crippen LogP contribution in [0.4, 0.5) is 5.69 Å². The SMILES string of the molecule is CN(C)C(=O)Cc1cccc(N=[N+]=[N-])c1. The van der Waals surface area contributed by atoms with Crippen molar-refractivity contribution < 1.29 is 4.79 Å². The van der Waals surface area contributed by atoms with Crippen LogP contribution in [0.5, 0.6) is 0 Å². The van der Waals surface area contributed by atoms with E-state index in [4.69, 9.17) is 5.53 Å². The maximum absolute atomic E-state index is 11.4. The maximum atomic E-state index is 11.4. The van der Waals surface area contributed by atoms with Crippen molar-refractivity contribution in [2.45, 2.75) is 6.42 Å². The lowest BCUT2D eigenvalue weighted by atomic mass is 10.1. The van der Waals surface area contributed by atoms with Gasteiger partial charge in [0, 0.05) is 24.7 Å². The van der Waals surface area contributed by atoms with Crippen molar-refractivity contribution >= 4 is 11.6 Å². The van der Waals surface area contributed by atoms with Crippen molar-refractivity contribution in [2.75, 3.05) is 14.1 Å². The second-order valence-electron chi connectivity index (χ2n) is 3.32. The number of carbonyl (C=O) groups excluding carboxylic acids is 1. The zero-order valence-electron chi connectivity index (χ0n) is 8.71. The fourth-order valence-electron chi connectivity index (χ4n) is 1.11. The highest BCUT2D eigenvalue weighted by Crippen LogP contribution is 2.14. The molecule has 1 aromatic carbocycles. The molecule has 0 aliphatic rings. The number of carbonyl (C=O) groups is 1. The average molecular weight is 204 g/mol. The lowest BCUT2D eigenvalue weighted by Crippen LogP contribution is -2.23. The fraction of sp³-hybridized carbons (Fsp3) is 0.300. The zero-order chi connectivity index (χ0) is 11.3. The molecule has 15 heavy (non-hydrogen) atoms. The van der Waals surface area contributed by atoms with Crippen molar-refractivity contribution in [2.24, 2.45) is 5.11 Å². The normalized spacial score (nSPS) is 9.20. The zero-order valence-corrected chi connectivity index (χ0v) is 8.71. The minimum Gasteiger partial charge on any atom is -0.349 e. The molecule has 0 aliphatic heterocycles. The summed E-state index contributed by atoms with van der Waals surface area (Å²) in [7, 11) is 3.42. The summed E-state index contributed by atoms with van der Waals surface area (Å²) in [6, 6.07) is 7.00. The maximum Gasteiger partial charge on any atom is 0.226 e. The highest BCUT2D eigenvalue weighted by molar-refractivity contribution is 5.78. The first-order valence-corrected chi connectivity index (χ1v) is 4.47. The summed E-state index contributed by atoms with van der Waals surface area (Å²) >= 11 is 0. The standard InChI is InChI=1S/C10H12N4O/c1-14(2)10(15)7-8-4-3-5-9(6-8)12-13-11/h3-6H,7H2,1-2H3. The molecule has 0 aromatic heterocycles. The van der Waals surface area contributed by atoms with E-state index in [2.05, 4.69) is 10.0 Å². The van der Waals surface area contributed by atoms with E-state index in [1.807, 2.05) is 6.07 Å². The van der Waals surface area contributed by atoms with Crippen LogP contribution >= 0.6 is 0 Å². The van der Waals surface area contributed by atoms with Gasteiger partial charge in [0.1, 0.15) is 0 Å². The third-order valence-electron chi connectivity index (χ3n) is 1.92. The van der Waals surface area contributed by atoms with Gasteiger partial charge in [-0.2, -0.15) is 0 Å². The molecule has 0 fully saturated rings. The van der Waals surface area contributed by atoms with Crippen LogP contribution < -0.4 is 0 Å². The Morgan fingerprint density at radius 2 is 2.27 bits per heavy atom. The number of amides is 1. The van der Waals surface area contributed by atoms with E-state index in [0.717, 1.165) is 5.56 Å². The summed E-state index contributed by atoms with van der Waals surface area (Å²) in [5.41, 5.74) is 9.64. The molecule has 0 radical (unpaired) electrons. The minimum atomic E-state index is 0.0214. The number of azide groups is 1. The number of benzene rings is 1. The molecular weight excluding hydrogens is 192 g/mol. The van der Waals surface area contributed by atoms with Gasteiger partial charge in [-0.3, -0.25) is 4.79 Å². The highest BCUT2D eigenvalue weighted by Gasteiger charge is 2.05. The summed E-state index contributed by atoms with van der Waals surface area (Å²) in [4.78, 5) is 15.6. The second-order valence-corrected chi connectivity index (χ2v) is 3.32. The monoisotopic (exact) mass is 204 g/mol. The van der Waals surface area contributed by atoms with Crippen LogP contribution in [0, 0.1) is 0 Å². The predicted molar refractivity (Wildman–Crippen MR) is 57.6 cm³/mol. The van der Waals surface area contributed by atoms with E-state index in [0.29, 0.717) is 12.1 Å². The van der Waals surface area contributed by atoms with Gasteiger partial charge in [-0.25, -0.2) is 0 Å². The van der Waals surface area contributed by atoms with Crippen molar-refractivity contribution in [3.8, 4) is 0 Å². The molecule has 78 valence electrons. The summed E-state index contributed by atoms with van der Waals surface area (Å²) in [5, 5.41) is 3.48. The second kappa shape index (κ2) is 5.02. The molecular formula is C10H12N4O. The highest BCUT2D eigenvalue weighted by atomic mass is 16.2. The minimum absolute atomic E-state index is 0.0214. The van der Waals surface area contributed by atoms with Gasteiger partial charge >= 0.3 is 0 Å². The summed E-state index contributed by atoms with van der Waals surface area (Å²) in [6.07, 6.45) is 0.321. The molecule has 0 spiro atoms. The van der Waals surface area contributed by atoms with E-state index >= 15 is 0 Å². The van der Waals surface area contributed by atoms with Crippen LogP contribution in [0.25, 0.3) is 10.4 Å². The first-order chi connectivity index (χ1) is 7.13. The lowest BCUT2D eigenvalue weighted by molar-refractivity contribution is -0.127. The quantitative estimate of drug-likeness (QED) is 0.423. The van der Waals surface area contributed by atoms with E-state index in [-0.39, 0.29) is 5.91 Å². The number of likely N-dealkylation sites (N-methyl/N-ethyl adjacent to an activating group) is 1. The smallest absolute Gasteiger partial charge is 0.226 e. The molecule has 1 amide bonds. The van der Waals surface area contributed by atoms with Gasteiger partial charge in [-0.05, 0) is 17.2 Å². The molecule has 0 unspecified atom stereocenters. The Labute approximate surface area is 87.9 Å². The van der Waals surface area contributed by atoms with Crippen LogP contribution in [-0.2, 0) is 11.2 Å². The van der Waals surface area contributed by atoms with Gasteiger partial charge < -0.3 is 4.90 Å². The Hall–Kier alpha value is -2.00. The molecule has 5 nitrogen and oxygen atoms in total. The molecule has 1 aromatic rings. The Kier molecular flexibility index (Phi) is 3.71. The topological polar surface area (TPSA) is 69.1 Å². The van der Waals surface area contributed by atoms with Gasteiger partial charge in [-0.1, -0.05) is 23.3 Å².